The highest BCUT2D eigenvalue weighted by atomic mass is 15.2. The molecule has 0 aromatic carbocycles. The first-order valence-electron chi connectivity index (χ1n) is 8.57. The average molecular weight is 272 g/mol. The van der Waals surface area contributed by atoms with Gasteiger partial charge >= 0.3 is 0 Å². The van der Waals surface area contributed by atoms with Crippen molar-refractivity contribution >= 4 is 11.4 Å². The van der Waals surface area contributed by atoms with Crippen molar-refractivity contribution in [1.82, 2.24) is 0 Å². The monoisotopic (exact) mass is 272 g/mol. The molecule has 4 atom stereocenters. The molecule has 0 N–H and O–H groups in total. The lowest BCUT2D eigenvalue weighted by molar-refractivity contribution is 0.330. The zero-order valence-electron chi connectivity index (χ0n) is 13.4. The van der Waals surface area contributed by atoms with E-state index in [-0.39, 0.29) is 0 Å². The van der Waals surface area contributed by atoms with E-state index in [1.807, 2.05) is 0 Å². The van der Waals surface area contributed by atoms with Crippen molar-refractivity contribution in [2.45, 2.75) is 66.2 Å². The summed E-state index contributed by atoms with van der Waals surface area (Å²) < 4.78 is 0. The largest absolute Gasteiger partial charge is 0.159 e. The van der Waals surface area contributed by atoms with Gasteiger partial charge in [-0.2, -0.15) is 10.2 Å². The number of rotatable bonds is 1. The lowest BCUT2D eigenvalue weighted by Gasteiger charge is -2.32. The van der Waals surface area contributed by atoms with Crippen LogP contribution in [0.3, 0.4) is 0 Å². The van der Waals surface area contributed by atoms with Crippen molar-refractivity contribution in [3.8, 4) is 0 Å². The van der Waals surface area contributed by atoms with E-state index >= 15 is 0 Å². The van der Waals surface area contributed by atoms with Crippen LogP contribution < -0.4 is 0 Å². The molecule has 0 amide bonds. The number of fused-ring (bicyclic) bond motifs is 4. The molecule has 0 heterocycles. The Morgan fingerprint density at radius 3 is 1.40 bits per heavy atom. The molecule has 0 aromatic heterocycles. The summed E-state index contributed by atoms with van der Waals surface area (Å²) in [6.45, 7) is 9.56. The third-order valence-corrected chi connectivity index (χ3v) is 7.27. The fraction of sp³-hybridized carbons (Fsp3) is 0.889. The number of hydrogen-bond donors (Lipinski definition) is 0. The van der Waals surface area contributed by atoms with Crippen molar-refractivity contribution in [1.29, 1.82) is 0 Å². The quantitative estimate of drug-likeness (QED) is 0.618. The molecule has 4 saturated carbocycles. The molecule has 0 aliphatic heterocycles. The molecular formula is C18H28N2. The molecule has 20 heavy (non-hydrogen) atoms. The van der Waals surface area contributed by atoms with Gasteiger partial charge in [-0.25, -0.2) is 0 Å². The lowest BCUT2D eigenvalue weighted by Crippen LogP contribution is -2.32. The summed E-state index contributed by atoms with van der Waals surface area (Å²) in [6.07, 6.45) is 8.26. The van der Waals surface area contributed by atoms with Crippen LogP contribution >= 0.6 is 0 Å². The van der Waals surface area contributed by atoms with E-state index in [0.717, 1.165) is 23.7 Å². The molecule has 4 aliphatic rings. The number of hydrogen-bond acceptors (Lipinski definition) is 2. The molecule has 2 nitrogen and oxygen atoms in total. The van der Waals surface area contributed by atoms with Gasteiger partial charge in [-0.05, 0) is 62.2 Å². The van der Waals surface area contributed by atoms with Gasteiger partial charge in [0.2, 0.25) is 0 Å². The molecule has 0 aromatic rings. The zero-order valence-corrected chi connectivity index (χ0v) is 13.4. The van der Waals surface area contributed by atoms with Crippen molar-refractivity contribution in [2.24, 2.45) is 44.7 Å². The van der Waals surface area contributed by atoms with Crippen LogP contribution in [0.15, 0.2) is 10.2 Å². The van der Waals surface area contributed by atoms with Gasteiger partial charge in [0.15, 0.2) is 0 Å². The molecule has 4 aliphatic carbocycles. The Labute approximate surface area is 123 Å². The molecule has 110 valence electrons. The van der Waals surface area contributed by atoms with Gasteiger partial charge in [0, 0.05) is 22.3 Å². The number of nitrogens with zero attached hydrogens (tertiary/aromatic N) is 2. The second-order valence-corrected chi connectivity index (χ2v) is 8.83. The van der Waals surface area contributed by atoms with Crippen LogP contribution in [0.4, 0.5) is 0 Å². The predicted octanol–water partition coefficient (Wildman–Crippen LogP) is 4.70. The highest BCUT2D eigenvalue weighted by Gasteiger charge is 2.52. The molecule has 2 heteroatoms. The van der Waals surface area contributed by atoms with Crippen molar-refractivity contribution in [3.63, 3.8) is 0 Å². The fourth-order valence-electron chi connectivity index (χ4n) is 5.77. The SMILES string of the molecule is CC1(C)C(=NN=C2C3CCC(C3)C2(C)C)C2CCC1C2. The normalized spacial score (nSPS) is 47.8. The molecule has 4 rings (SSSR count). The van der Waals surface area contributed by atoms with Gasteiger partial charge in [-0.15, -0.1) is 0 Å². The summed E-state index contributed by atoms with van der Waals surface area (Å²) in [5.74, 6) is 3.20. The molecule has 0 spiro atoms. The third-order valence-electron chi connectivity index (χ3n) is 7.27. The van der Waals surface area contributed by atoms with E-state index < -0.39 is 0 Å². The maximum atomic E-state index is 4.86. The average Bonchev–Trinajstić information content (AvgIpc) is 3.07. The maximum absolute atomic E-state index is 4.86. The van der Waals surface area contributed by atoms with Crippen LogP contribution in [0.1, 0.15) is 66.2 Å². The van der Waals surface area contributed by atoms with Crippen molar-refractivity contribution < 1.29 is 0 Å². The molecule has 4 fully saturated rings. The summed E-state index contributed by atoms with van der Waals surface area (Å²) in [6, 6.07) is 0. The van der Waals surface area contributed by atoms with Crippen molar-refractivity contribution in [3.05, 3.63) is 0 Å². The lowest BCUT2D eigenvalue weighted by atomic mass is 9.75. The topological polar surface area (TPSA) is 24.7 Å². The minimum Gasteiger partial charge on any atom is -0.159 e. The summed E-state index contributed by atoms with van der Waals surface area (Å²) in [4.78, 5) is 0. The van der Waals surface area contributed by atoms with Crippen LogP contribution in [-0.4, -0.2) is 11.4 Å². The second kappa shape index (κ2) is 3.96. The van der Waals surface area contributed by atoms with Crippen LogP contribution in [0.5, 0.6) is 0 Å². The van der Waals surface area contributed by atoms with Gasteiger partial charge in [-0.3, -0.25) is 0 Å². The minimum atomic E-state index is 0.300. The second-order valence-electron chi connectivity index (χ2n) is 8.83. The molecule has 4 unspecified atom stereocenters. The Morgan fingerprint density at radius 1 is 0.700 bits per heavy atom. The van der Waals surface area contributed by atoms with Crippen LogP contribution in [0.2, 0.25) is 0 Å². The van der Waals surface area contributed by atoms with E-state index in [0.29, 0.717) is 10.8 Å². The van der Waals surface area contributed by atoms with E-state index in [1.165, 1.54) is 49.9 Å². The predicted molar refractivity (Wildman–Crippen MR) is 84.1 cm³/mol. The van der Waals surface area contributed by atoms with Gasteiger partial charge in [0.05, 0.1) is 0 Å². The van der Waals surface area contributed by atoms with Gasteiger partial charge in [0.1, 0.15) is 0 Å². The smallest absolute Gasteiger partial charge is 0.0495 e. The van der Waals surface area contributed by atoms with Gasteiger partial charge < -0.3 is 0 Å². The van der Waals surface area contributed by atoms with Crippen molar-refractivity contribution in [2.75, 3.05) is 0 Å². The zero-order chi connectivity index (χ0) is 14.1. The Bertz CT molecular complexity index is 452. The van der Waals surface area contributed by atoms with E-state index in [1.54, 1.807) is 0 Å². The van der Waals surface area contributed by atoms with E-state index in [9.17, 15) is 0 Å². The maximum Gasteiger partial charge on any atom is 0.0495 e. The Morgan fingerprint density at radius 2 is 1.10 bits per heavy atom. The summed E-state index contributed by atoms with van der Waals surface area (Å²) in [5.41, 5.74) is 3.43. The first kappa shape index (κ1) is 13.0. The summed E-state index contributed by atoms with van der Waals surface area (Å²) in [5, 5.41) is 9.72. The summed E-state index contributed by atoms with van der Waals surface area (Å²) in [7, 11) is 0. The Kier molecular flexibility index (Phi) is 2.58. The van der Waals surface area contributed by atoms with E-state index in [2.05, 4.69) is 27.7 Å². The molecule has 0 saturated heterocycles. The van der Waals surface area contributed by atoms with Crippen LogP contribution in [0, 0.1) is 34.5 Å². The fourth-order valence-corrected chi connectivity index (χ4v) is 5.77. The third kappa shape index (κ3) is 1.57. The molecule has 0 radical (unpaired) electrons. The summed E-state index contributed by atoms with van der Waals surface area (Å²) >= 11 is 0. The Balaban J connectivity index is 1.67. The van der Waals surface area contributed by atoms with Crippen LogP contribution in [0.25, 0.3) is 0 Å². The van der Waals surface area contributed by atoms with Crippen LogP contribution in [-0.2, 0) is 0 Å². The molecule has 4 bridgehead atoms. The van der Waals surface area contributed by atoms with Gasteiger partial charge in [0.25, 0.3) is 0 Å². The van der Waals surface area contributed by atoms with E-state index in [4.69, 9.17) is 10.2 Å². The standard InChI is InChI=1S/C18H28N2/c1-17(2)13-7-5-11(9-13)15(17)19-20-16-12-6-8-14(10-12)18(16,3)4/h11-14H,5-10H2,1-4H3. The molecular weight excluding hydrogens is 244 g/mol. The van der Waals surface area contributed by atoms with Gasteiger partial charge in [-0.1, -0.05) is 27.7 Å². The first-order valence-corrected chi connectivity index (χ1v) is 8.57. The minimum absolute atomic E-state index is 0.300. The highest BCUT2D eigenvalue weighted by Crippen LogP contribution is 2.55. The Hall–Kier alpha value is -0.660. The highest BCUT2D eigenvalue weighted by molar-refractivity contribution is 5.98. The first-order chi connectivity index (χ1) is 9.40.